The first-order valence-electron chi connectivity index (χ1n) is 10.3. The average Bonchev–Trinajstić information content (AvgIpc) is 3.22. The zero-order chi connectivity index (χ0) is 23.8. The van der Waals surface area contributed by atoms with Gasteiger partial charge in [0.15, 0.2) is 0 Å². The molecule has 0 atom stereocenters. The molecule has 3 aromatic rings. The lowest BCUT2D eigenvalue weighted by Crippen LogP contribution is -2.49. The normalized spacial score (nSPS) is 15.2. The van der Waals surface area contributed by atoms with E-state index in [-0.39, 0.29) is 36.0 Å². The van der Waals surface area contributed by atoms with Gasteiger partial charge in [0.1, 0.15) is 22.9 Å². The lowest BCUT2D eigenvalue weighted by Gasteiger charge is -2.36. The van der Waals surface area contributed by atoms with Crippen LogP contribution in [0.15, 0.2) is 29.4 Å². The highest BCUT2D eigenvalue weighted by molar-refractivity contribution is 7.89. The van der Waals surface area contributed by atoms with Gasteiger partial charge in [0.25, 0.3) is 5.78 Å². The number of aryl methyl sites for hydroxylation is 1. The molecule has 4 rings (SSSR count). The SMILES string of the molecule is CCOC(=O)Cc1c(C)nc2ncnn2c1N1CCN(S(=O)(=O)c2ccc(F)cc2Cl)CC1. The number of ether oxygens (including phenoxy) is 1. The van der Waals surface area contributed by atoms with Crippen LogP contribution in [0.3, 0.4) is 0 Å². The van der Waals surface area contributed by atoms with E-state index < -0.39 is 21.8 Å². The molecule has 1 aliphatic heterocycles. The average molecular weight is 497 g/mol. The monoisotopic (exact) mass is 496 g/mol. The first-order chi connectivity index (χ1) is 15.7. The second kappa shape index (κ2) is 9.20. The molecular weight excluding hydrogens is 475 g/mol. The minimum atomic E-state index is -3.90. The van der Waals surface area contributed by atoms with Gasteiger partial charge in [-0.15, -0.1) is 0 Å². The van der Waals surface area contributed by atoms with E-state index in [1.165, 1.54) is 16.7 Å². The maximum absolute atomic E-state index is 13.4. The summed E-state index contributed by atoms with van der Waals surface area (Å²) >= 11 is 6.00. The molecule has 1 saturated heterocycles. The molecule has 3 heterocycles. The van der Waals surface area contributed by atoms with Gasteiger partial charge in [-0.3, -0.25) is 4.79 Å². The van der Waals surface area contributed by atoms with Crippen LogP contribution in [0.1, 0.15) is 18.2 Å². The molecule has 2 aromatic heterocycles. The molecule has 0 spiro atoms. The van der Waals surface area contributed by atoms with E-state index in [9.17, 15) is 17.6 Å². The summed E-state index contributed by atoms with van der Waals surface area (Å²) in [5, 5.41) is 4.08. The molecule has 0 aliphatic carbocycles. The van der Waals surface area contributed by atoms with Gasteiger partial charge in [-0.25, -0.2) is 17.8 Å². The molecule has 33 heavy (non-hydrogen) atoms. The van der Waals surface area contributed by atoms with Crippen LogP contribution in [0.4, 0.5) is 10.2 Å². The van der Waals surface area contributed by atoms with Gasteiger partial charge in [0.05, 0.1) is 18.1 Å². The second-order valence-electron chi connectivity index (χ2n) is 7.42. The maximum Gasteiger partial charge on any atom is 0.310 e. The molecule has 0 saturated carbocycles. The minimum absolute atomic E-state index is 0.00149. The lowest BCUT2D eigenvalue weighted by atomic mass is 10.1. The van der Waals surface area contributed by atoms with E-state index in [1.54, 1.807) is 18.4 Å². The van der Waals surface area contributed by atoms with E-state index in [1.807, 2.05) is 4.90 Å². The van der Waals surface area contributed by atoms with Crippen LogP contribution in [0, 0.1) is 12.7 Å². The number of hydrogen-bond acceptors (Lipinski definition) is 8. The molecule has 1 aromatic carbocycles. The van der Waals surface area contributed by atoms with Gasteiger partial charge in [-0.2, -0.15) is 18.9 Å². The van der Waals surface area contributed by atoms with E-state index in [0.717, 1.165) is 12.1 Å². The molecule has 0 radical (unpaired) electrons. The van der Waals surface area contributed by atoms with Gasteiger partial charge in [0, 0.05) is 37.4 Å². The maximum atomic E-state index is 13.4. The van der Waals surface area contributed by atoms with E-state index in [0.29, 0.717) is 35.9 Å². The van der Waals surface area contributed by atoms with Crippen LogP contribution in [-0.4, -0.2) is 71.1 Å². The Morgan fingerprint density at radius 3 is 2.64 bits per heavy atom. The number of carbonyl (C=O) groups is 1. The summed E-state index contributed by atoms with van der Waals surface area (Å²) < 4.78 is 47.5. The molecule has 0 bridgehead atoms. The summed E-state index contributed by atoms with van der Waals surface area (Å²) in [6.45, 7) is 4.74. The van der Waals surface area contributed by atoms with Crippen molar-refractivity contribution in [1.29, 1.82) is 0 Å². The van der Waals surface area contributed by atoms with Crippen LogP contribution < -0.4 is 4.90 Å². The number of anilines is 1. The van der Waals surface area contributed by atoms with Crippen LogP contribution in [0.2, 0.25) is 5.02 Å². The highest BCUT2D eigenvalue weighted by Crippen LogP contribution is 2.29. The molecule has 1 fully saturated rings. The number of rotatable bonds is 6. The van der Waals surface area contributed by atoms with Gasteiger partial charge < -0.3 is 9.64 Å². The van der Waals surface area contributed by atoms with Crippen molar-refractivity contribution in [2.75, 3.05) is 37.7 Å². The van der Waals surface area contributed by atoms with Crippen molar-refractivity contribution >= 4 is 39.2 Å². The molecule has 0 amide bonds. The molecule has 0 unspecified atom stereocenters. The Balaban J connectivity index is 1.63. The Labute approximate surface area is 195 Å². The largest absolute Gasteiger partial charge is 0.466 e. The van der Waals surface area contributed by atoms with E-state index >= 15 is 0 Å². The number of sulfonamides is 1. The lowest BCUT2D eigenvalue weighted by molar-refractivity contribution is -0.142. The summed E-state index contributed by atoms with van der Waals surface area (Å²) in [6, 6.07) is 3.22. The molecule has 1 aliphatic rings. The Morgan fingerprint density at radius 1 is 1.24 bits per heavy atom. The third-order valence-electron chi connectivity index (χ3n) is 5.38. The Morgan fingerprint density at radius 2 is 1.97 bits per heavy atom. The number of nitrogens with zero attached hydrogens (tertiary/aromatic N) is 6. The van der Waals surface area contributed by atoms with Crippen molar-refractivity contribution in [3.63, 3.8) is 0 Å². The summed E-state index contributed by atoms with van der Waals surface area (Å²) in [6.07, 6.45) is 1.37. The number of esters is 1. The number of halogens is 2. The van der Waals surface area contributed by atoms with Crippen LogP contribution in [-0.2, 0) is 26.0 Å². The fourth-order valence-electron chi connectivity index (χ4n) is 3.82. The highest BCUT2D eigenvalue weighted by Gasteiger charge is 2.32. The molecule has 13 heteroatoms. The van der Waals surface area contributed by atoms with Gasteiger partial charge >= 0.3 is 5.97 Å². The molecule has 10 nitrogen and oxygen atoms in total. The van der Waals surface area contributed by atoms with Crippen molar-refractivity contribution < 1.29 is 22.3 Å². The fourth-order valence-corrected chi connectivity index (χ4v) is 5.75. The Bertz CT molecular complexity index is 1310. The van der Waals surface area contributed by atoms with Crippen molar-refractivity contribution in [2.24, 2.45) is 0 Å². The summed E-state index contributed by atoms with van der Waals surface area (Å²) in [5.41, 5.74) is 1.26. The first-order valence-corrected chi connectivity index (χ1v) is 12.1. The van der Waals surface area contributed by atoms with E-state index in [4.69, 9.17) is 16.3 Å². The number of fused-ring (bicyclic) bond motifs is 1. The summed E-state index contributed by atoms with van der Waals surface area (Å²) in [4.78, 5) is 22.6. The number of carbonyl (C=O) groups excluding carboxylic acids is 1. The van der Waals surface area contributed by atoms with E-state index in [2.05, 4.69) is 15.1 Å². The Kier molecular flexibility index (Phi) is 6.50. The van der Waals surface area contributed by atoms with Crippen molar-refractivity contribution in [3.8, 4) is 0 Å². The second-order valence-corrected chi connectivity index (χ2v) is 9.73. The smallest absolute Gasteiger partial charge is 0.310 e. The third kappa shape index (κ3) is 4.50. The third-order valence-corrected chi connectivity index (χ3v) is 7.76. The minimum Gasteiger partial charge on any atom is -0.466 e. The summed E-state index contributed by atoms with van der Waals surface area (Å²) in [5.74, 6) is 0.00116. The van der Waals surface area contributed by atoms with Crippen molar-refractivity contribution in [1.82, 2.24) is 23.9 Å². The number of benzene rings is 1. The number of piperazine rings is 1. The van der Waals surface area contributed by atoms with Crippen LogP contribution >= 0.6 is 11.6 Å². The molecule has 176 valence electrons. The van der Waals surface area contributed by atoms with Crippen molar-refractivity contribution in [3.05, 3.63) is 46.6 Å². The predicted octanol–water partition coefficient (Wildman–Crippen LogP) is 1.84. The number of aromatic nitrogens is 4. The molecular formula is C20H22ClFN6O4S. The standard InChI is InChI=1S/C20H22ClFN6O4S/c1-3-32-18(29)11-15-13(2)25-20-23-12-24-28(20)19(15)26-6-8-27(9-7-26)33(30,31)17-5-4-14(22)10-16(17)21/h4-5,10,12H,3,6-9,11H2,1-2H3. The molecule has 0 N–H and O–H groups in total. The Hall–Kier alpha value is -2.83. The summed E-state index contributed by atoms with van der Waals surface area (Å²) in [7, 11) is -3.90. The van der Waals surface area contributed by atoms with Gasteiger partial charge in [0.2, 0.25) is 10.0 Å². The zero-order valence-electron chi connectivity index (χ0n) is 18.0. The fraction of sp³-hybridized carbons (Fsp3) is 0.400. The van der Waals surface area contributed by atoms with Crippen LogP contribution in [0.25, 0.3) is 5.78 Å². The highest BCUT2D eigenvalue weighted by atomic mass is 35.5. The number of hydrogen-bond donors (Lipinski definition) is 0. The van der Waals surface area contributed by atoms with Gasteiger partial charge in [-0.05, 0) is 32.0 Å². The quantitative estimate of drug-likeness (QED) is 0.475. The first kappa shape index (κ1) is 23.3. The van der Waals surface area contributed by atoms with Gasteiger partial charge in [-0.1, -0.05) is 11.6 Å². The zero-order valence-corrected chi connectivity index (χ0v) is 19.6. The van der Waals surface area contributed by atoms with Crippen LogP contribution in [0.5, 0.6) is 0 Å². The topological polar surface area (TPSA) is 110 Å². The predicted molar refractivity (Wildman–Crippen MR) is 118 cm³/mol. The van der Waals surface area contributed by atoms with Crippen molar-refractivity contribution in [2.45, 2.75) is 25.2 Å².